The number of hydrogen-bond donors (Lipinski definition) is 0. The van der Waals surface area contributed by atoms with Gasteiger partial charge in [-0.1, -0.05) is 0 Å². The van der Waals surface area contributed by atoms with Crippen molar-refractivity contribution >= 4 is 11.3 Å². The maximum absolute atomic E-state index is 9.12. The van der Waals surface area contributed by atoms with E-state index < -0.39 is 5.41 Å². The van der Waals surface area contributed by atoms with Crippen molar-refractivity contribution in [2.45, 2.75) is 26.2 Å². The highest BCUT2D eigenvalue weighted by molar-refractivity contribution is 7.10. The van der Waals surface area contributed by atoms with Gasteiger partial charge in [-0.25, -0.2) is 4.98 Å². The molecule has 0 atom stereocenters. The molecule has 0 saturated heterocycles. The molecule has 2 rings (SSSR count). The summed E-state index contributed by atoms with van der Waals surface area (Å²) in [6.07, 6.45) is 0. The van der Waals surface area contributed by atoms with Crippen LogP contribution in [0.25, 0.3) is 11.3 Å². The maximum atomic E-state index is 9.12. The summed E-state index contributed by atoms with van der Waals surface area (Å²) in [5.41, 5.74) is 1.42. The molecule has 0 spiro atoms. The molecular formula is C15H16N2OS. The lowest BCUT2D eigenvalue weighted by Gasteiger charge is -2.10. The van der Waals surface area contributed by atoms with E-state index >= 15 is 0 Å². The van der Waals surface area contributed by atoms with Crippen molar-refractivity contribution in [2.24, 2.45) is 0 Å². The SMILES string of the molecule is CCOc1ccc(-c2csc(C(C)(C)C#N)n2)cc1. The van der Waals surface area contributed by atoms with Gasteiger partial charge in [0.15, 0.2) is 0 Å². The summed E-state index contributed by atoms with van der Waals surface area (Å²) in [5.74, 6) is 0.860. The van der Waals surface area contributed by atoms with E-state index in [0.29, 0.717) is 6.61 Å². The first kappa shape index (κ1) is 13.6. The molecule has 0 radical (unpaired) electrons. The summed E-state index contributed by atoms with van der Waals surface area (Å²) >= 11 is 1.53. The van der Waals surface area contributed by atoms with E-state index in [1.54, 1.807) is 0 Å². The van der Waals surface area contributed by atoms with Crippen molar-refractivity contribution in [3.63, 3.8) is 0 Å². The molecule has 98 valence electrons. The van der Waals surface area contributed by atoms with Crippen LogP contribution in [-0.4, -0.2) is 11.6 Å². The predicted molar refractivity (Wildman–Crippen MR) is 77.4 cm³/mol. The first-order chi connectivity index (χ1) is 9.06. The largest absolute Gasteiger partial charge is 0.494 e. The van der Waals surface area contributed by atoms with Crippen molar-refractivity contribution in [3.05, 3.63) is 34.7 Å². The second-order valence-electron chi connectivity index (χ2n) is 4.73. The van der Waals surface area contributed by atoms with Gasteiger partial charge in [0.05, 0.1) is 18.4 Å². The molecule has 4 heteroatoms. The molecule has 19 heavy (non-hydrogen) atoms. The lowest BCUT2D eigenvalue weighted by atomic mass is 9.97. The standard InChI is InChI=1S/C15H16N2OS/c1-4-18-12-7-5-11(6-8-12)13-9-19-14(17-13)15(2,3)10-16/h5-9H,4H2,1-3H3. The van der Waals surface area contributed by atoms with Gasteiger partial charge in [0, 0.05) is 10.9 Å². The van der Waals surface area contributed by atoms with E-state index in [0.717, 1.165) is 22.0 Å². The minimum Gasteiger partial charge on any atom is -0.494 e. The Morgan fingerprint density at radius 1 is 1.32 bits per heavy atom. The van der Waals surface area contributed by atoms with Crippen LogP contribution in [0.2, 0.25) is 0 Å². The van der Waals surface area contributed by atoms with Crippen LogP contribution in [0.15, 0.2) is 29.6 Å². The molecule has 0 aliphatic heterocycles. The number of hydrogen-bond acceptors (Lipinski definition) is 4. The second kappa shape index (κ2) is 5.41. The minimum atomic E-state index is -0.534. The number of rotatable bonds is 4. The van der Waals surface area contributed by atoms with Gasteiger partial charge in [0.25, 0.3) is 0 Å². The predicted octanol–water partition coefficient (Wildman–Crippen LogP) is 4.01. The van der Waals surface area contributed by atoms with Gasteiger partial charge in [0.1, 0.15) is 16.2 Å². The molecule has 1 heterocycles. The number of thiazole rings is 1. The zero-order valence-corrected chi connectivity index (χ0v) is 12.1. The third-order valence-corrected chi connectivity index (χ3v) is 3.95. The molecule has 0 N–H and O–H groups in total. The number of nitriles is 1. The Hall–Kier alpha value is -1.86. The summed E-state index contributed by atoms with van der Waals surface area (Å²) in [6, 6.07) is 10.1. The summed E-state index contributed by atoms with van der Waals surface area (Å²) in [6.45, 7) is 6.39. The van der Waals surface area contributed by atoms with Crippen molar-refractivity contribution in [1.82, 2.24) is 4.98 Å². The van der Waals surface area contributed by atoms with Gasteiger partial charge in [-0.2, -0.15) is 5.26 Å². The van der Waals surface area contributed by atoms with Gasteiger partial charge in [0.2, 0.25) is 0 Å². The summed E-state index contributed by atoms with van der Waals surface area (Å²) in [4.78, 5) is 4.55. The molecule has 1 aromatic carbocycles. The van der Waals surface area contributed by atoms with Crippen LogP contribution in [0, 0.1) is 11.3 Å². The third-order valence-electron chi connectivity index (χ3n) is 2.78. The van der Waals surface area contributed by atoms with Crippen LogP contribution < -0.4 is 4.74 Å². The Morgan fingerprint density at radius 3 is 2.58 bits per heavy atom. The summed E-state index contributed by atoms with van der Waals surface area (Å²) in [7, 11) is 0. The third kappa shape index (κ3) is 2.94. The quantitative estimate of drug-likeness (QED) is 0.844. The van der Waals surface area contributed by atoms with Gasteiger partial charge >= 0.3 is 0 Å². The van der Waals surface area contributed by atoms with E-state index in [4.69, 9.17) is 10.00 Å². The summed E-state index contributed by atoms with van der Waals surface area (Å²) < 4.78 is 5.41. The van der Waals surface area contributed by atoms with Crippen LogP contribution >= 0.6 is 11.3 Å². The van der Waals surface area contributed by atoms with Gasteiger partial charge < -0.3 is 4.74 Å². The van der Waals surface area contributed by atoms with Crippen molar-refractivity contribution < 1.29 is 4.74 Å². The highest BCUT2D eigenvalue weighted by Gasteiger charge is 2.23. The van der Waals surface area contributed by atoms with Gasteiger partial charge in [-0.3, -0.25) is 0 Å². The van der Waals surface area contributed by atoms with E-state index in [1.165, 1.54) is 11.3 Å². The van der Waals surface area contributed by atoms with Crippen LogP contribution in [0.3, 0.4) is 0 Å². The fourth-order valence-electron chi connectivity index (χ4n) is 1.63. The molecule has 0 fully saturated rings. The highest BCUT2D eigenvalue weighted by Crippen LogP contribution is 2.30. The monoisotopic (exact) mass is 272 g/mol. The number of ether oxygens (including phenoxy) is 1. The Kier molecular flexibility index (Phi) is 3.87. The van der Waals surface area contributed by atoms with Crippen LogP contribution in [-0.2, 0) is 5.41 Å². The Labute approximate surface area is 117 Å². The smallest absolute Gasteiger partial charge is 0.119 e. The molecular weight excluding hydrogens is 256 g/mol. The fourth-order valence-corrected chi connectivity index (χ4v) is 2.53. The van der Waals surface area contributed by atoms with Crippen molar-refractivity contribution in [1.29, 1.82) is 5.26 Å². The average molecular weight is 272 g/mol. The van der Waals surface area contributed by atoms with E-state index in [9.17, 15) is 0 Å². The van der Waals surface area contributed by atoms with Crippen LogP contribution in [0.1, 0.15) is 25.8 Å². The van der Waals surface area contributed by atoms with Crippen LogP contribution in [0.4, 0.5) is 0 Å². The number of aromatic nitrogens is 1. The number of nitrogens with zero attached hydrogens (tertiary/aromatic N) is 2. The highest BCUT2D eigenvalue weighted by atomic mass is 32.1. The fraction of sp³-hybridized carbons (Fsp3) is 0.333. The van der Waals surface area contributed by atoms with Crippen molar-refractivity contribution in [2.75, 3.05) is 6.61 Å². The zero-order chi connectivity index (χ0) is 13.9. The molecule has 2 aromatic rings. The molecule has 0 bridgehead atoms. The minimum absolute atomic E-state index is 0.534. The molecule has 0 aliphatic rings. The lowest BCUT2D eigenvalue weighted by molar-refractivity contribution is 0.340. The van der Waals surface area contributed by atoms with E-state index in [1.807, 2.05) is 50.4 Å². The molecule has 0 saturated carbocycles. The Bertz CT molecular complexity index is 593. The first-order valence-corrected chi connectivity index (χ1v) is 7.05. The summed E-state index contributed by atoms with van der Waals surface area (Å²) in [5, 5.41) is 12.0. The molecule has 1 aromatic heterocycles. The molecule has 0 amide bonds. The normalized spacial score (nSPS) is 11.1. The molecule has 0 aliphatic carbocycles. The molecule has 0 unspecified atom stereocenters. The van der Waals surface area contributed by atoms with Crippen LogP contribution in [0.5, 0.6) is 5.75 Å². The lowest BCUT2D eigenvalue weighted by Crippen LogP contribution is -2.13. The average Bonchev–Trinajstić information content (AvgIpc) is 2.90. The maximum Gasteiger partial charge on any atom is 0.119 e. The molecule has 3 nitrogen and oxygen atoms in total. The topological polar surface area (TPSA) is 45.9 Å². The van der Waals surface area contributed by atoms with Gasteiger partial charge in [-0.05, 0) is 45.0 Å². The van der Waals surface area contributed by atoms with E-state index in [2.05, 4.69) is 11.1 Å². The zero-order valence-electron chi connectivity index (χ0n) is 11.3. The van der Waals surface area contributed by atoms with Gasteiger partial charge in [-0.15, -0.1) is 11.3 Å². The Morgan fingerprint density at radius 2 is 2.00 bits per heavy atom. The first-order valence-electron chi connectivity index (χ1n) is 6.17. The second-order valence-corrected chi connectivity index (χ2v) is 5.59. The Balaban J connectivity index is 2.26. The van der Waals surface area contributed by atoms with Crippen molar-refractivity contribution in [3.8, 4) is 23.1 Å². The van der Waals surface area contributed by atoms with E-state index in [-0.39, 0.29) is 0 Å². The number of benzene rings is 1.